The molecule has 0 bridgehead atoms. The summed E-state index contributed by atoms with van der Waals surface area (Å²) < 4.78 is 5.89. The number of hydrogen-bond acceptors (Lipinski definition) is 10. The van der Waals surface area contributed by atoms with E-state index in [-0.39, 0.29) is 11.9 Å². The molecule has 4 aliphatic rings. The Morgan fingerprint density at radius 3 is 2.38 bits per heavy atom. The molecular weight excluding hydrogens is 628 g/mol. The van der Waals surface area contributed by atoms with Crippen molar-refractivity contribution < 1.29 is 14.4 Å². The molecule has 3 aromatic rings. The highest BCUT2D eigenvalue weighted by molar-refractivity contribution is 6.30. The van der Waals surface area contributed by atoms with Crippen molar-refractivity contribution in [2.45, 2.75) is 56.7 Å². The largest absolute Gasteiger partial charge is 0.494 e. The number of piperidine rings is 1. The number of hydroxylamine groups is 1. The molecule has 1 aromatic heterocycles. The molecule has 2 N–H and O–H groups in total. The number of piperazine rings is 1. The Morgan fingerprint density at radius 2 is 1.71 bits per heavy atom. The van der Waals surface area contributed by atoms with E-state index in [0.29, 0.717) is 46.4 Å². The van der Waals surface area contributed by atoms with Crippen molar-refractivity contribution in [3.8, 4) is 5.75 Å². The molecule has 0 radical (unpaired) electrons. The van der Waals surface area contributed by atoms with E-state index < -0.39 is 0 Å². The lowest BCUT2D eigenvalue weighted by Gasteiger charge is -2.46. The minimum Gasteiger partial charge on any atom is -0.494 e. The molecule has 1 amide bonds. The second-order valence-electron chi connectivity index (χ2n) is 13.0. The lowest BCUT2D eigenvalue weighted by Crippen LogP contribution is -2.56. The highest BCUT2D eigenvalue weighted by Gasteiger charge is 2.33. The SMILES string of the molecule is C=CC(=O)Nc1cc(Nc2cc(N3OCC[C@@H]3c3cccc(Cl)c3)ncn2)c(OC)cc1N1CCC(N2CCN(C3CCC3)CC2)CC1. The fraction of sp³-hybridized carbons (Fsp3) is 0.472. The topological polar surface area (TPSA) is 98.3 Å². The van der Waals surface area contributed by atoms with Crippen LogP contribution in [0.4, 0.5) is 28.7 Å². The number of amides is 1. The van der Waals surface area contributed by atoms with Gasteiger partial charge >= 0.3 is 0 Å². The van der Waals surface area contributed by atoms with Gasteiger partial charge in [0.1, 0.15) is 17.9 Å². The molecule has 7 rings (SSSR count). The Kier molecular flexibility index (Phi) is 9.99. The van der Waals surface area contributed by atoms with E-state index in [0.717, 1.165) is 62.7 Å². The van der Waals surface area contributed by atoms with Crippen LogP contribution < -0.4 is 25.3 Å². The van der Waals surface area contributed by atoms with Gasteiger partial charge in [-0.25, -0.2) is 15.0 Å². The zero-order chi connectivity index (χ0) is 33.0. The quantitative estimate of drug-likeness (QED) is 0.249. The minimum atomic E-state index is -0.269. The van der Waals surface area contributed by atoms with Gasteiger partial charge in [-0.15, -0.1) is 0 Å². The molecule has 1 saturated carbocycles. The highest BCUT2D eigenvalue weighted by Crippen LogP contribution is 2.41. The van der Waals surface area contributed by atoms with Crippen LogP contribution in [0.5, 0.6) is 5.75 Å². The first kappa shape index (κ1) is 32.6. The summed E-state index contributed by atoms with van der Waals surface area (Å²) in [5.41, 5.74) is 3.34. The van der Waals surface area contributed by atoms with Gasteiger partial charge in [-0.1, -0.05) is 36.7 Å². The number of anilines is 5. The van der Waals surface area contributed by atoms with E-state index in [4.69, 9.17) is 21.2 Å². The molecule has 0 unspecified atom stereocenters. The molecule has 11 nitrogen and oxygen atoms in total. The standard InChI is InChI=1S/C36H45ClN8O3/c1-3-36(46)41-29-21-30(40-34-23-35(39-24-38-34)45-31(12-19-48-45)25-6-4-7-26(37)20-25)33(47-2)22-32(29)44-13-10-28(11-14-44)43-17-15-42(16-18-43)27-8-5-9-27/h3-4,6-7,20-24,27-28,31H,1,5,8-19H2,2H3,(H,41,46)(H,38,39,40)/t31-/m1/s1. The minimum absolute atomic E-state index is 0.0259. The summed E-state index contributed by atoms with van der Waals surface area (Å²) in [5, 5.41) is 8.93. The molecule has 2 aromatic carbocycles. The maximum atomic E-state index is 12.6. The Balaban J connectivity index is 1.07. The summed E-state index contributed by atoms with van der Waals surface area (Å²) in [7, 11) is 1.65. The molecule has 1 atom stereocenters. The van der Waals surface area contributed by atoms with E-state index in [1.54, 1.807) is 7.11 Å². The molecule has 4 heterocycles. The predicted octanol–water partition coefficient (Wildman–Crippen LogP) is 6.03. The number of carbonyl (C=O) groups excluding carboxylic acids is 1. The van der Waals surface area contributed by atoms with Gasteiger partial charge in [-0.2, -0.15) is 0 Å². The Labute approximate surface area is 287 Å². The number of ether oxygens (including phenoxy) is 1. The first-order chi connectivity index (χ1) is 23.5. The third-order valence-electron chi connectivity index (χ3n) is 10.3. The van der Waals surface area contributed by atoms with Gasteiger partial charge in [-0.3, -0.25) is 19.4 Å². The number of hydrogen-bond donors (Lipinski definition) is 2. The van der Waals surface area contributed by atoms with E-state index in [2.05, 4.69) is 41.9 Å². The highest BCUT2D eigenvalue weighted by atomic mass is 35.5. The van der Waals surface area contributed by atoms with E-state index in [9.17, 15) is 4.79 Å². The second kappa shape index (κ2) is 14.7. The molecule has 1 aliphatic carbocycles. The van der Waals surface area contributed by atoms with E-state index >= 15 is 0 Å². The number of nitrogens with one attached hydrogen (secondary N) is 2. The lowest BCUT2D eigenvalue weighted by atomic mass is 9.91. The summed E-state index contributed by atoms with van der Waals surface area (Å²) in [4.78, 5) is 35.3. The van der Waals surface area contributed by atoms with Gasteiger partial charge < -0.3 is 20.3 Å². The molecule has 48 heavy (non-hydrogen) atoms. The van der Waals surface area contributed by atoms with E-state index in [1.807, 2.05) is 47.5 Å². The van der Waals surface area contributed by atoms with Crippen LogP contribution in [0, 0.1) is 0 Å². The maximum absolute atomic E-state index is 12.6. The second-order valence-corrected chi connectivity index (χ2v) is 13.5. The third-order valence-corrected chi connectivity index (χ3v) is 10.5. The number of aromatic nitrogens is 2. The van der Waals surface area contributed by atoms with Gasteiger partial charge in [0.25, 0.3) is 0 Å². The van der Waals surface area contributed by atoms with Crippen LogP contribution in [0.25, 0.3) is 0 Å². The summed E-state index contributed by atoms with van der Waals surface area (Å²) >= 11 is 6.29. The van der Waals surface area contributed by atoms with Crippen LogP contribution in [-0.4, -0.2) is 90.7 Å². The van der Waals surface area contributed by atoms with Gasteiger partial charge in [0, 0.05) is 74.9 Å². The normalized spacial score (nSPS) is 21.2. The van der Waals surface area contributed by atoms with Crippen molar-refractivity contribution in [1.82, 2.24) is 19.8 Å². The van der Waals surface area contributed by atoms with Crippen molar-refractivity contribution in [3.63, 3.8) is 0 Å². The number of rotatable bonds is 10. The zero-order valence-corrected chi connectivity index (χ0v) is 28.4. The fourth-order valence-electron chi connectivity index (χ4n) is 7.46. The van der Waals surface area contributed by atoms with Crippen LogP contribution in [-0.2, 0) is 9.63 Å². The Hall–Kier alpha value is -3.90. The fourth-order valence-corrected chi connectivity index (χ4v) is 7.66. The summed E-state index contributed by atoms with van der Waals surface area (Å²) in [6, 6.07) is 14.9. The predicted molar refractivity (Wildman–Crippen MR) is 190 cm³/mol. The van der Waals surface area contributed by atoms with Gasteiger partial charge in [0.2, 0.25) is 5.91 Å². The zero-order valence-electron chi connectivity index (χ0n) is 27.6. The van der Waals surface area contributed by atoms with Crippen LogP contribution in [0.15, 0.2) is 61.4 Å². The monoisotopic (exact) mass is 672 g/mol. The molecular formula is C36H45ClN8O3. The molecule has 254 valence electrons. The van der Waals surface area contributed by atoms with Gasteiger partial charge in [-0.05, 0) is 55.5 Å². The van der Waals surface area contributed by atoms with Crippen LogP contribution in [0.3, 0.4) is 0 Å². The number of nitrogens with zero attached hydrogens (tertiary/aromatic N) is 6. The molecule has 3 saturated heterocycles. The molecule has 12 heteroatoms. The summed E-state index contributed by atoms with van der Waals surface area (Å²) in [6.45, 7) is 10.7. The van der Waals surface area contributed by atoms with Gasteiger partial charge in [0.05, 0.1) is 36.8 Å². The average molecular weight is 673 g/mol. The van der Waals surface area contributed by atoms with Crippen molar-refractivity contribution in [3.05, 3.63) is 72.0 Å². The van der Waals surface area contributed by atoms with E-state index in [1.165, 1.54) is 44.8 Å². The summed E-state index contributed by atoms with van der Waals surface area (Å²) in [5.74, 6) is 1.56. The number of carbonyl (C=O) groups is 1. The van der Waals surface area contributed by atoms with Crippen LogP contribution in [0.2, 0.25) is 5.02 Å². The average Bonchev–Trinajstić information content (AvgIpc) is 3.59. The van der Waals surface area contributed by atoms with Crippen LogP contribution >= 0.6 is 11.6 Å². The Bertz CT molecular complexity index is 1600. The summed E-state index contributed by atoms with van der Waals surface area (Å²) in [6.07, 6.45) is 9.91. The number of benzene rings is 2. The van der Waals surface area contributed by atoms with Crippen molar-refractivity contribution in [1.29, 1.82) is 0 Å². The number of halogens is 1. The molecule has 4 fully saturated rings. The third kappa shape index (κ3) is 7.10. The smallest absolute Gasteiger partial charge is 0.247 e. The van der Waals surface area contributed by atoms with Crippen LogP contribution in [0.1, 0.15) is 50.1 Å². The Morgan fingerprint density at radius 1 is 0.958 bits per heavy atom. The van der Waals surface area contributed by atoms with Crippen molar-refractivity contribution in [2.24, 2.45) is 0 Å². The molecule has 3 aliphatic heterocycles. The van der Waals surface area contributed by atoms with Gasteiger partial charge in [0.15, 0.2) is 5.82 Å². The first-order valence-corrected chi connectivity index (χ1v) is 17.5. The van der Waals surface area contributed by atoms with Crippen molar-refractivity contribution in [2.75, 3.05) is 73.6 Å². The maximum Gasteiger partial charge on any atom is 0.247 e. The lowest BCUT2D eigenvalue weighted by molar-refractivity contribution is -0.111. The number of methoxy groups -OCH3 is 1. The van der Waals surface area contributed by atoms with Crippen molar-refractivity contribution >= 4 is 46.2 Å². The first-order valence-electron chi connectivity index (χ1n) is 17.1. The molecule has 0 spiro atoms.